The molecular weight excluding hydrogens is 306 g/mol. The Morgan fingerprint density at radius 2 is 2.25 bits per heavy atom. The zero-order valence-electron chi connectivity index (χ0n) is 13.9. The lowest BCUT2D eigenvalue weighted by molar-refractivity contribution is -0.122. The summed E-state index contributed by atoms with van der Waals surface area (Å²) in [5.41, 5.74) is 3.41. The highest BCUT2D eigenvalue weighted by Gasteiger charge is 2.04. The lowest BCUT2D eigenvalue weighted by Crippen LogP contribution is -2.26. The van der Waals surface area contributed by atoms with Crippen LogP contribution >= 0.6 is 0 Å². The van der Waals surface area contributed by atoms with Gasteiger partial charge in [0, 0.05) is 31.5 Å². The number of nitrogens with zero attached hydrogens (tertiary/aromatic N) is 3. The van der Waals surface area contributed by atoms with Crippen LogP contribution in [-0.4, -0.2) is 37.4 Å². The van der Waals surface area contributed by atoms with Crippen molar-refractivity contribution in [3.63, 3.8) is 0 Å². The third-order valence-electron chi connectivity index (χ3n) is 3.67. The Morgan fingerprint density at radius 1 is 1.46 bits per heavy atom. The average molecular weight is 329 g/mol. The fraction of sp³-hybridized carbons (Fsp3) is 0.353. The summed E-state index contributed by atoms with van der Waals surface area (Å²) in [7, 11) is 0. The standard InChI is InChI=1S/C16H21N5.CH2O2/c1-12(6-9-21-8-3-7-18-21)17-11-14-4-5-15-16(10-14)20-13(2)19-15;2-1-3/h3-5,7-8,10,12,17H,6,9,11H2,1-2H3,(H,19,20);1H,(H,2,3). The molecule has 0 radical (unpaired) electrons. The highest BCUT2D eigenvalue weighted by atomic mass is 16.3. The summed E-state index contributed by atoms with van der Waals surface area (Å²) in [6, 6.07) is 8.79. The van der Waals surface area contributed by atoms with Crippen LogP contribution in [0, 0.1) is 6.92 Å². The first-order valence-electron chi connectivity index (χ1n) is 7.86. The van der Waals surface area contributed by atoms with Gasteiger partial charge in [0.15, 0.2) is 0 Å². The number of aromatic amines is 1. The Morgan fingerprint density at radius 3 is 2.96 bits per heavy atom. The Balaban J connectivity index is 0.000000647. The quantitative estimate of drug-likeness (QED) is 0.603. The molecule has 1 unspecified atom stereocenters. The van der Waals surface area contributed by atoms with Crippen molar-refractivity contribution in [3.8, 4) is 0 Å². The first-order chi connectivity index (χ1) is 11.6. The van der Waals surface area contributed by atoms with Gasteiger partial charge in [-0.1, -0.05) is 6.07 Å². The Hall–Kier alpha value is -2.67. The molecule has 0 saturated heterocycles. The molecule has 7 nitrogen and oxygen atoms in total. The minimum absolute atomic E-state index is 0.250. The smallest absolute Gasteiger partial charge is 0.290 e. The summed E-state index contributed by atoms with van der Waals surface area (Å²) in [5, 5.41) is 14.7. The second-order valence-corrected chi connectivity index (χ2v) is 5.62. The minimum atomic E-state index is -0.250. The Bertz CT molecular complexity index is 752. The number of aromatic nitrogens is 4. The molecule has 0 aliphatic rings. The Kier molecular flexibility index (Phi) is 6.51. The van der Waals surface area contributed by atoms with Crippen molar-refractivity contribution in [2.45, 2.75) is 39.4 Å². The molecule has 3 N–H and O–H groups in total. The van der Waals surface area contributed by atoms with Crippen molar-refractivity contribution in [3.05, 3.63) is 48.0 Å². The van der Waals surface area contributed by atoms with Crippen LogP contribution in [0.5, 0.6) is 0 Å². The second-order valence-electron chi connectivity index (χ2n) is 5.62. The summed E-state index contributed by atoms with van der Waals surface area (Å²) < 4.78 is 1.97. The van der Waals surface area contributed by atoms with Gasteiger partial charge in [-0.05, 0) is 44.0 Å². The van der Waals surface area contributed by atoms with Gasteiger partial charge in [0.25, 0.3) is 6.47 Å². The molecular formula is C17H23N5O2. The molecule has 24 heavy (non-hydrogen) atoms. The fourth-order valence-corrected chi connectivity index (χ4v) is 2.45. The molecule has 1 atom stereocenters. The fourth-order valence-electron chi connectivity index (χ4n) is 2.45. The number of aryl methyl sites for hydroxylation is 2. The predicted octanol–water partition coefficient (Wildman–Crippen LogP) is 2.34. The molecule has 7 heteroatoms. The van der Waals surface area contributed by atoms with Crippen LogP contribution in [0.25, 0.3) is 11.0 Å². The number of imidazole rings is 1. The van der Waals surface area contributed by atoms with E-state index in [4.69, 9.17) is 9.90 Å². The van der Waals surface area contributed by atoms with Gasteiger partial charge in [-0.15, -0.1) is 0 Å². The number of nitrogens with one attached hydrogen (secondary N) is 2. The van der Waals surface area contributed by atoms with Crippen molar-refractivity contribution in [1.29, 1.82) is 0 Å². The van der Waals surface area contributed by atoms with Gasteiger partial charge in [-0.25, -0.2) is 4.98 Å². The van der Waals surface area contributed by atoms with Gasteiger partial charge in [-0.3, -0.25) is 9.48 Å². The molecule has 0 amide bonds. The van der Waals surface area contributed by atoms with Gasteiger partial charge in [-0.2, -0.15) is 5.10 Å². The summed E-state index contributed by atoms with van der Waals surface area (Å²) in [6.07, 6.45) is 4.88. The number of carboxylic acid groups (broad SMARTS) is 1. The van der Waals surface area contributed by atoms with E-state index in [1.54, 1.807) is 0 Å². The zero-order valence-corrected chi connectivity index (χ0v) is 13.9. The Labute approximate surface area is 140 Å². The highest BCUT2D eigenvalue weighted by Crippen LogP contribution is 2.13. The van der Waals surface area contributed by atoms with Crippen molar-refractivity contribution in [1.82, 2.24) is 25.1 Å². The molecule has 0 spiro atoms. The van der Waals surface area contributed by atoms with Crippen LogP contribution in [0.3, 0.4) is 0 Å². The number of hydrogen-bond acceptors (Lipinski definition) is 4. The van der Waals surface area contributed by atoms with Crippen molar-refractivity contribution >= 4 is 17.5 Å². The predicted molar refractivity (Wildman–Crippen MR) is 92.7 cm³/mol. The van der Waals surface area contributed by atoms with Gasteiger partial charge >= 0.3 is 0 Å². The van der Waals surface area contributed by atoms with Crippen LogP contribution < -0.4 is 5.32 Å². The zero-order chi connectivity index (χ0) is 17.4. The van der Waals surface area contributed by atoms with E-state index in [9.17, 15) is 0 Å². The summed E-state index contributed by atoms with van der Waals surface area (Å²) in [5.74, 6) is 0.961. The van der Waals surface area contributed by atoms with E-state index >= 15 is 0 Å². The lowest BCUT2D eigenvalue weighted by atomic mass is 10.1. The maximum absolute atomic E-state index is 8.36. The number of fused-ring (bicyclic) bond motifs is 1. The van der Waals surface area contributed by atoms with E-state index in [-0.39, 0.29) is 6.47 Å². The van der Waals surface area contributed by atoms with E-state index in [2.05, 4.69) is 45.5 Å². The van der Waals surface area contributed by atoms with Crippen LogP contribution in [0.4, 0.5) is 0 Å². The van der Waals surface area contributed by atoms with E-state index in [0.29, 0.717) is 6.04 Å². The SMILES string of the molecule is Cc1nc2ccc(CNC(C)CCn3cccn3)cc2[nH]1.O=CO. The molecule has 0 bridgehead atoms. The average Bonchev–Trinajstić information content (AvgIpc) is 3.19. The second kappa shape index (κ2) is 8.83. The van der Waals surface area contributed by atoms with E-state index in [1.807, 2.05) is 30.1 Å². The number of H-pyrrole nitrogens is 1. The third-order valence-corrected chi connectivity index (χ3v) is 3.67. The van der Waals surface area contributed by atoms with Gasteiger partial charge in [0.1, 0.15) is 5.82 Å². The monoisotopic (exact) mass is 329 g/mol. The highest BCUT2D eigenvalue weighted by molar-refractivity contribution is 5.75. The van der Waals surface area contributed by atoms with Crippen molar-refractivity contribution < 1.29 is 9.90 Å². The maximum Gasteiger partial charge on any atom is 0.290 e. The van der Waals surface area contributed by atoms with Crippen LogP contribution in [0.1, 0.15) is 24.7 Å². The molecule has 2 aromatic heterocycles. The number of hydrogen-bond donors (Lipinski definition) is 3. The lowest BCUT2D eigenvalue weighted by Gasteiger charge is -2.13. The molecule has 0 saturated carbocycles. The van der Waals surface area contributed by atoms with Crippen LogP contribution in [-0.2, 0) is 17.9 Å². The first-order valence-corrected chi connectivity index (χ1v) is 7.86. The summed E-state index contributed by atoms with van der Waals surface area (Å²) in [6.45, 7) is 5.76. The van der Waals surface area contributed by atoms with E-state index in [1.165, 1.54) is 5.56 Å². The molecule has 3 aromatic rings. The molecule has 0 fully saturated rings. The molecule has 0 aliphatic carbocycles. The van der Waals surface area contributed by atoms with E-state index in [0.717, 1.165) is 36.4 Å². The maximum atomic E-state index is 8.36. The number of rotatable bonds is 6. The minimum Gasteiger partial charge on any atom is -0.483 e. The summed E-state index contributed by atoms with van der Waals surface area (Å²) in [4.78, 5) is 16.1. The molecule has 2 heterocycles. The number of benzene rings is 1. The van der Waals surface area contributed by atoms with Crippen LogP contribution in [0.2, 0.25) is 0 Å². The van der Waals surface area contributed by atoms with Gasteiger partial charge in [0.2, 0.25) is 0 Å². The number of carbonyl (C=O) groups is 1. The van der Waals surface area contributed by atoms with Crippen molar-refractivity contribution in [2.75, 3.05) is 0 Å². The molecule has 1 aromatic carbocycles. The largest absolute Gasteiger partial charge is 0.483 e. The van der Waals surface area contributed by atoms with E-state index < -0.39 is 0 Å². The topological polar surface area (TPSA) is 95.8 Å². The first kappa shape index (κ1) is 17.7. The van der Waals surface area contributed by atoms with Gasteiger partial charge in [0.05, 0.1) is 11.0 Å². The molecule has 0 aliphatic heterocycles. The van der Waals surface area contributed by atoms with Crippen molar-refractivity contribution in [2.24, 2.45) is 0 Å². The molecule has 3 rings (SSSR count). The molecule has 128 valence electrons. The summed E-state index contributed by atoms with van der Waals surface area (Å²) >= 11 is 0. The third kappa shape index (κ3) is 5.20. The van der Waals surface area contributed by atoms with Gasteiger partial charge < -0.3 is 15.4 Å². The van der Waals surface area contributed by atoms with Crippen LogP contribution in [0.15, 0.2) is 36.7 Å². The normalized spacial score (nSPS) is 11.8.